The van der Waals surface area contributed by atoms with Crippen molar-refractivity contribution in [3.63, 3.8) is 0 Å². The van der Waals surface area contributed by atoms with E-state index < -0.39 is 17.2 Å². The van der Waals surface area contributed by atoms with Crippen LogP contribution >= 0.6 is 0 Å². The van der Waals surface area contributed by atoms with Gasteiger partial charge in [0.15, 0.2) is 11.6 Å². The molecule has 0 amide bonds. The Labute approximate surface area is 202 Å². The second-order valence-corrected chi connectivity index (χ2v) is 8.32. The number of nitriles is 1. The second kappa shape index (κ2) is 11.0. The maximum atomic E-state index is 15.2. The number of rotatable bonds is 9. The van der Waals surface area contributed by atoms with E-state index in [9.17, 15) is 8.78 Å². The molecule has 0 aliphatic rings. The minimum Gasteiger partial charge on any atom is -0.490 e. The maximum absolute atomic E-state index is 15.2. The molecule has 4 aromatic rings. The van der Waals surface area contributed by atoms with Gasteiger partial charge in [0.25, 0.3) is 0 Å². The summed E-state index contributed by atoms with van der Waals surface area (Å²) in [7, 11) is 0. The lowest BCUT2D eigenvalue weighted by Crippen LogP contribution is -2.00. The molecule has 0 aliphatic carbocycles. The van der Waals surface area contributed by atoms with Gasteiger partial charge in [0.2, 0.25) is 0 Å². The van der Waals surface area contributed by atoms with Crippen molar-refractivity contribution in [3.8, 4) is 23.2 Å². The van der Waals surface area contributed by atoms with Gasteiger partial charge in [0, 0.05) is 10.9 Å². The summed E-state index contributed by atoms with van der Waals surface area (Å²) in [6, 6.07) is 12.5. The van der Waals surface area contributed by atoms with Crippen molar-refractivity contribution in [3.05, 3.63) is 89.0 Å². The van der Waals surface area contributed by atoms with Crippen LogP contribution in [0.3, 0.4) is 0 Å². The fourth-order valence-corrected chi connectivity index (χ4v) is 3.91. The number of hydrogen-bond donors (Lipinski definition) is 0. The number of hydrogen-bond acceptors (Lipinski definition) is 4. The number of aryl methyl sites for hydroxylation is 2. The Bertz CT molecular complexity index is 1360. The van der Waals surface area contributed by atoms with Gasteiger partial charge in [-0.05, 0) is 54.0 Å². The van der Waals surface area contributed by atoms with Crippen molar-refractivity contribution in [1.82, 2.24) is 9.97 Å². The average Bonchev–Trinajstić information content (AvgIpc) is 2.86. The van der Waals surface area contributed by atoms with Gasteiger partial charge in [-0.2, -0.15) is 5.26 Å². The molecule has 0 radical (unpaired) electrons. The molecule has 0 fully saturated rings. The van der Waals surface area contributed by atoms with E-state index in [2.05, 4.69) is 16.9 Å². The van der Waals surface area contributed by atoms with Crippen molar-refractivity contribution in [2.24, 2.45) is 0 Å². The van der Waals surface area contributed by atoms with Crippen molar-refractivity contribution in [1.29, 1.82) is 5.26 Å². The molecule has 0 N–H and O–H groups in total. The number of unbranched alkanes of at least 4 members (excludes halogenated alkanes) is 2. The number of nitrogens with zero attached hydrogens (tertiary/aromatic N) is 3. The summed E-state index contributed by atoms with van der Waals surface area (Å²) in [5, 5.41) is 9.93. The molecular weight excluding hydrogens is 451 g/mol. The van der Waals surface area contributed by atoms with Gasteiger partial charge in [-0.25, -0.2) is 23.1 Å². The fourth-order valence-electron chi connectivity index (χ4n) is 3.91. The third kappa shape index (κ3) is 5.60. The van der Waals surface area contributed by atoms with Crippen LogP contribution in [0.4, 0.5) is 13.2 Å². The van der Waals surface area contributed by atoms with Crippen molar-refractivity contribution in [2.45, 2.75) is 39.0 Å². The monoisotopic (exact) mass is 475 g/mol. The highest BCUT2D eigenvalue weighted by Crippen LogP contribution is 2.27. The highest BCUT2D eigenvalue weighted by molar-refractivity contribution is 5.87. The van der Waals surface area contributed by atoms with Crippen LogP contribution in [0.2, 0.25) is 0 Å². The molecule has 0 saturated heterocycles. The fraction of sp³-hybridized carbons (Fsp3) is 0.250. The van der Waals surface area contributed by atoms with Gasteiger partial charge in [-0.15, -0.1) is 0 Å². The number of halogens is 3. The number of aromatic nitrogens is 2. The third-order valence-corrected chi connectivity index (χ3v) is 5.83. The molecule has 7 heteroatoms. The molecule has 178 valence electrons. The predicted octanol–water partition coefficient (Wildman–Crippen LogP) is 6.94. The quantitative estimate of drug-likeness (QED) is 0.246. The topological polar surface area (TPSA) is 58.8 Å². The van der Waals surface area contributed by atoms with Crippen molar-refractivity contribution < 1.29 is 17.9 Å². The highest BCUT2D eigenvalue weighted by atomic mass is 19.1. The molecule has 1 aromatic heterocycles. The molecule has 3 aromatic carbocycles. The molecule has 0 atom stereocenters. The molecule has 0 aliphatic heterocycles. The first kappa shape index (κ1) is 24.2. The van der Waals surface area contributed by atoms with E-state index in [4.69, 9.17) is 10.00 Å². The van der Waals surface area contributed by atoms with Gasteiger partial charge in [-0.3, -0.25) is 0 Å². The van der Waals surface area contributed by atoms with E-state index >= 15 is 4.39 Å². The number of benzene rings is 3. The van der Waals surface area contributed by atoms with Crippen LogP contribution in [0.25, 0.3) is 22.2 Å². The second-order valence-electron chi connectivity index (χ2n) is 8.32. The first-order valence-corrected chi connectivity index (χ1v) is 11.5. The molecule has 4 nitrogen and oxygen atoms in total. The molecular formula is C28H24F3N3O. The van der Waals surface area contributed by atoms with E-state index in [0.29, 0.717) is 40.1 Å². The van der Waals surface area contributed by atoms with Crippen LogP contribution in [-0.4, -0.2) is 16.6 Å². The van der Waals surface area contributed by atoms with Crippen LogP contribution in [0.1, 0.15) is 42.9 Å². The van der Waals surface area contributed by atoms with Crippen molar-refractivity contribution in [2.75, 3.05) is 6.61 Å². The lowest BCUT2D eigenvalue weighted by molar-refractivity contribution is 0.304. The van der Waals surface area contributed by atoms with Gasteiger partial charge >= 0.3 is 0 Å². The predicted molar refractivity (Wildman–Crippen MR) is 128 cm³/mol. The third-order valence-electron chi connectivity index (χ3n) is 5.83. The lowest BCUT2D eigenvalue weighted by Gasteiger charge is -2.09. The van der Waals surface area contributed by atoms with Crippen LogP contribution in [0.5, 0.6) is 5.75 Å². The standard InChI is InChI=1S/C28H24F3N3O/c1-2-3-4-11-35-22-16-33-28(34-17-22)21-9-10-23-20(14-21)8-7-19(27(23)31)6-5-18-12-25(29)24(15-32)26(30)13-18/h7-10,12-14,16-17H,2-6,11H2,1H3. The zero-order valence-corrected chi connectivity index (χ0v) is 19.3. The Kier molecular flexibility index (Phi) is 7.61. The summed E-state index contributed by atoms with van der Waals surface area (Å²) >= 11 is 0. The lowest BCUT2D eigenvalue weighted by atomic mass is 9.98. The Morgan fingerprint density at radius 2 is 1.66 bits per heavy atom. The minimum absolute atomic E-state index is 0.237. The summed E-state index contributed by atoms with van der Waals surface area (Å²) in [6.07, 6.45) is 6.99. The molecule has 0 bridgehead atoms. The molecule has 0 spiro atoms. The Hall–Kier alpha value is -3.92. The SMILES string of the molecule is CCCCCOc1cnc(-c2ccc3c(F)c(CCc4cc(F)c(C#N)c(F)c4)ccc3c2)nc1. The largest absolute Gasteiger partial charge is 0.490 e. The Morgan fingerprint density at radius 1 is 0.914 bits per heavy atom. The molecule has 0 unspecified atom stereocenters. The zero-order chi connectivity index (χ0) is 24.8. The molecule has 0 saturated carbocycles. The van der Waals surface area contributed by atoms with E-state index in [0.717, 1.165) is 37.0 Å². The van der Waals surface area contributed by atoms with Gasteiger partial charge < -0.3 is 4.74 Å². The molecule has 35 heavy (non-hydrogen) atoms. The summed E-state index contributed by atoms with van der Waals surface area (Å²) in [5.74, 6) is -1.06. The van der Waals surface area contributed by atoms with Crippen LogP contribution in [0, 0.1) is 28.8 Å². The summed E-state index contributed by atoms with van der Waals surface area (Å²) in [6.45, 7) is 2.76. The number of ether oxygens (including phenoxy) is 1. The van der Waals surface area contributed by atoms with E-state index in [1.165, 1.54) is 6.07 Å². The molecule has 4 rings (SSSR count). The van der Waals surface area contributed by atoms with Gasteiger partial charge in [0.05, 0.1) is 19.0 Å². The first-order chi connectivity index (χ1) is 17.0. The summed E-state index contributed by atoms with van der Waals surface area (Å²) in [4.78, 5) is 8.75. The zero-order valence-electron chi connectivity index (χ0n) is 19.3. The van der Waals surface area contributed by atoms with E-state index in [1.54, 1.807) is 30.6 Å². The van der Waals surface area contributed by atoms with Crippen LogP contribution in [0.15, 0.2) is 54.9 Å². The summed E-state index contributed by atoms with van der Waals surface area (Å²) in [5.41, 5.74) is 0.949. The number of fused-ring (bicyclic) bond motifs is 1. The van der Waals surface area contributed by atoms with Crippen LogP contribution < -0.4 is 4.74 Å². The summed E-state index contributed by atoms with van der Waals surface area (Å²) < 4.78 is 48.5. The van der Waals surface area contributed by atoms with E-state index in [1.807, 2.05) is 12.1 Å². The first-order valence-electron chi connectivity index (χ1n) is 11.5. The van der Waals surface area contributed by atoms with Crippen molar-refractivity contribution >= 4 is 10.8 Å². The van der Waals surface area contributed by atoms with Crippen LogP contribution in [-0.2, 0) is 12.8 Å². The van der Waals surface area contributed by atoms with Gasteiger partial charge in [-0.1, -0.05) is 44.0 Å². The highest BCUT2D eigenvalue weighted by Gasteiger charge is 2.13. The normalized spacial score (nSPS) is 10.9. The molecule has 1 heterocycles. The smallest absolute Gasteiger partial charge is 0.159 e. The van der Waals surface area contributed by atoms with Gasteiger partial charge in [0.1, 0.15) is 29.1 Å². The minimum atomic E-state index is -0.910. The maximum Gasteiger partial charge on any atom is 0.159 e. The van der Waals surface area contributed by atoms with E-state index in [-0.39, 0.29) is 18.7 Å². The Morgan fingerprint density at radius 3 is 2.34 bits per heavy atom. The Balaban J connectivity index is 1.48. The average molecular weight is 476 g/mol.